The number of hydrogen-bond donors (Lipinski definition) is 3. The van der Waals surface area contributed by atoms with Gasteiger partial charge in [-0.25, -0.2) is 0 Å². The van der Waals surface area contributed by atoms with Crippen molar-refractivity contribution in [2.24, 2.45) is 10.8 Å². The molecule has 17 heavy (non-hydrogen) atoms. The van der Waals surface area contributed by atoms with Crippen LogP contribution < -0.4 is 0 Å². The maximum absolute atomic E-state index is 11.0. The van der Waals surface area contributed by atoms with E-state index in [-0.39, 0.29) is 6.61 Å². The van der Waals surface area contributed by atoms with Crippen molar-refractivity contribution < 1.29 is 24.9 Å². The molecule has 0 bridgehead atoms. The standard InChI is InChI=1S/C12H22O5/c1-7(14)17-10-8(15)9(16)12(4,6-13)5-11(10,2)3/h8-10,13,15-16H,5-6H2,1-4H3. The van der Waals surface area contributed by atoms with Gasteiger partial charge in [-0.05, 0) is 6.42 Å². The van der Waals surface area contributed by atoms with Crippen molar-refractivity contribution >= 4 is 5.97 Å². The van der Waals surface area contributed by atoms with Gasteiger partial charge in [0.25, 0.3) is 0 Å². The Morgan fingerprint density at radius 1 is 1.35 bits per heavy atom. The number of ether oxygens (including phenoxy) is 1. The molecule has 0 aliphatic heterocycles. The number of rotatable bonds is 2. The monoisotopic (exact) mass is 246 g/mol. The third-order valence-corrected chi connectivity index (χ3v) is 3.63. The Morgan fingerprint density at radius 2 is 1.88 bits per heavy atom. The zero-order chi connectivity index (χ0) is 13.4. The number of aliphatic hydroxyl groups excluding tert-OH is 3. The first-order chi connectivity index (χ1) is 7.64. The van der Waals surface area contributed by atoms with Crippen LogP contribution in [0.4, 0.5) is 0 Å². The minimum atomic E-state index is -1.18. The van der Waals surface area contributed by atoms with E-state index in [2.05, 4.69) is 0 Å². The maximum atomic E-state index is 11.0. The second-order valence-electron chi connectivity index (χ2n) is 5.94. The Labute approximate surface area is 101 Å². The van der Waals surface area contributed by atoms with Gasteiger partial charge in [-0.2, -0.15) is 0 Å². The van der Waals surface area contributed by atoms with Crippen LogP contribution in [0.15, 0.2) is 0 Å². The topological polar surface area (TPSA) is 87.0 Å². The number of aliphatic hydroxyl groups is 3. The second-order valence-corrected chi connectivity index (χ2v) is 5.94. The Hall–Kier alpha value is -0.650. The third-order valence-electron chi connectivity index (χ3n) is 3.63. The SMILES string of the molecule is CC(=O)OC1C(O)C(O)C(C)(CO)CC1(C)C. The van der Waals surface area contributed by atoms with Gasteiger partial charge >= 0.3 is 5.97 Å². The van der Waals surface area contributed by atoms with E-state index in [1.54, 1.807) is 6.92 Å². The van der Waals surface area contributed by atoms with Gasteiger partial charge in [-0.15, -0.1) is 0 Å². The normalized spacial score (nSPS) is 41.0. The molecule has 0 aromatic rings. The summed E-state index contributed by atoms with van der Waals surface area (Å²) in [6.07, 6.45) is -2.58. The molecule has 100 valence electrons. The van der Waals surface area contributed by atoms with Crippen molar-refractivity contribution in [3.8, 4) is 0 Å². The van der Waals surface area contributed by atoms with Crippen molar-refractivity contribution in [2.75, 3.05) is 6.61 Å². The van der Waals surface area contributed by atoms with Gasteiger partial charge in [0.05, 0.1) is 12.7 Å². The van der Waals surface area contributed by atoms with Crippen LogP contribution in [0.2, 0.25) is 0 Å². The molecule has 1 rings (SSSR count). The van der Waals surface area contributed by atoms with E-state index in [9.17, 15) is 20.1 Å². The zero-order valence-electron chi connectivity index (χ0n) is 10.8. The molecule has 4 atom stereocenters. The van der Waals surface area contributed by atoms with Crippen LogP contribution in [-0.4, -0.2) is 46.2 Å². The summed E-state index contributed by atoms with van der Waals surface area (Å²) in [6, 6.07) is 0. The van der Waals surface area contributed by atoms with E-state index in [1.165, 1.54) is 6.92 Å². The Morgan fingerprint density at radius 3 is 2.29 bits per heavy atom. The molecule has 0 saturated heterocycles. The lowest BCUT2D eigenvalue weighted by molar-refractivity contribution is -0.214. The molecule has 0 spiro atoms. The molecular weight excluding hydrogens is 224 g/mol. The highest BCUT2D eigenvalue weighted by atomic mass is 16.6. The van der Waals surface area contributed by atoms with Crippen LogP contribution in [0.3, 0.4) is 0 Å². The molecule has 0 aromatic carbocycles. The molecule has 5 nitrogen and oxygen atoms in total. The lowest BCUT2D eigenvalue weighted by atomic mass is 9.60. The van der Waals surface area contributed by atoms with Crippen molar-refractivity contribution in [3.63, 3.8) is 0 Å². The van der Waals surface area contributed by atoms with E-state index < -0.39 is 35.1 Å². The highest BCUT2D eigenvalue weighted by Gasteiger charge is 2.54. The van der Waals surface area contributed by atoms with E-state index >= 15 is 0 Å². The first-order valence-corrected chi connectivity index (χ1v) is 5.78. The summed E-state index contributed by atoms with van der Waals surface area (Å²) in [5, 5.41) is 29.4. The summed E-state index contributed by atoms with van der Waals surface area (Å²) >= 11 is 0. The van der Waals surface area contributed by atoms with Crippen molar-refractivity contribution in [2.45, 2.75) is 52.4 Å². The van der Waals surface area contributed by atoms with Crippen LogP contribution in [0.1, 0.15) is 34.1 Å². The quantitative estimate of drug-likeness (QED) is 0.600. The third kappa shape index (κ3) is 2.61. The van der Waals surface area contributed by atoms with Gasteiger partial charge in [-0.3, -0.25) is 4.79 Å². The average molecular weight is 246 g/mol. The van der Waals surface area contributed by atoms with Crippen LogP contribution in [-0.2, 0) is 9.53 Å². The minimum absolute atomic E-state index is 0.221. The van der Waals surface area contributed by atoms with E-state index in [1.807, 2.05) is 13.8 Å². The fraction of sp³-hybridized carbons (Fsp3) is 0.917. The minimum Gasteiger partial charge on any atom is -0.459 e. The van der Waals surface area contributed by atoms with Crippen molar-refractivity contribution in [3.05, 3.63) is 0 Å². The summed E-state index contributed by atoms with van der Waals surface area (Å²) in [5.41, 5.74) is -1.28. The number of carbonyl (C=O) groups excluding carboxylic acids is 1. The van der Waals surface area contributed by atoms with E-state index in [0.717, 1.165) is 0 Å². The Kier molecular flexibility index (Phi) is 3.86. The highest BCUT2D eigenvalue weighted by Crippen LogP contribution is 2.47. The number of hydrogen-bond acceptors (Lipinski definition) is 5. The molecular formula is C12H22O5. The Balaban J connectivity index is 3.00. The fourth-order valence-electron chi connectivity index (χ4n) is 2.84. The van der Waals surface area contributed by atoms with Crippen LogP contribution >= 0.6 is 0 Å². The predicted octanol–water partition coefficient (Wildman–Crippen LogP) is 0.0684. The van der Waals surface area contributed by atoms with Crippen LogP contribution in [0, 0.1) is 10.8 Å². The first-order valence-electron chi connectivity index (χ1n) is 5.78. The van der Waals surface area contributed by atoms with Crippen molar-refractivity contribution in [1.29, 1.82) is 0 Å². The number of carbonyl (C=O) groups is 1. The lowest BCUT2D eigenvalue weighted by Crippen LogP contribution is -2.61. The van der Waals surface area contributed by atoms with Gasteiger partial charge in [0, 0.05) is 17.8 Å². The second kappa shape index (κ2) is 4.55. The molecule has 1 fully saturated rings. The van der Waals surface area contributed by atoms with Gasteiger partial charge < -0.3 is 20.1 Å². The summed E-state index contributed by atoms with van der Waals surface area (Å²) in [5.74, 6) is -0.484. The molecule has 0 heterocycles. The maximum Gasteiger partial charge on any atom is 0.303 e. The highest BCUT2D eigenvalue weighted by molar-refractivity contribution is 5.66. The fourth-order valence-corrected chi connectivity index (χ4v) is 2.84. The van der Waals surface area contributed by atoms with Gasteiger partial charge in [0.1, 0.15) is 12.2 Å². The average Bonchev–Trinajstić information content (AvgIpc) is 2.21. The van der Waals surface area contributed by atoms with Gasteiger partial charge in [-0.1, -0.05) is 20.8 Å². The number of esters is 1. The van der Waals surface area contributed by atoms with E-state index in [0.29, 0.717) is 6.42 Å². The van der Waals surface area contributed by atoms with Crippen LogP contribution in [0.25, 0.3) is 0 Å². The summed E-state index contributed by atoms with van der Waals surface area (Å²) < 4.78 is 5.10. The van der Waals surface area contributed by atoms with Gasteiger partial charge in [0.2, 0.25) is 0 Å². The molecule has 4 unspecified atom stereocenters. The van der Waals surface area contributed by atoms with Crippen molar-refractivity contribution in [1.82, 2.24) is 0 Å². The first kappa shape index (κ1) is 14.4. The molecule has 3 N–H and O–H groups in total. The van der Waals surface area contributed by atoms with Gasteiger partial charge in [0.15, 0.2) is 0 Å². The van der Waals surface area contributed by atoms with E-state index in [4.69, 9.17) is 4.74 Å². The summed E-state index contributed by atoms with van der Waals surface area (Å²) in [7, 11) is 0. The molecule has 5 heteroatoms. The molecule has 0 aromatic heterocycles. The molecule has 1 saturated carbocycles. The summed E-state index contributed by atoms with van der Waals surface area (Å²) in [4.78, 5) is 11.0. The molecule has 0 radical (unpaired) electrons. The summed E-state index contributed by atoms with van der Waals surface area (Å²) in [6.45, 7) is 6.47. The molecule has 1 aliphatic carbocycles. The largest absolute Gasteiger partial charge is 0.459 e. The smallest absolute Gasteiger partial charge is 0.303 e. The molecule has 1 aliphatic rings. The Bertz CT molecular complexity index is 301. The zero-order valence-corrected chi connectivity index (χ0v) is 10.8. The molecule has 0 amide bonds. The predicted molar refractivity (Wildman–Crippen MR) is 61.2 cm³/mol. The van der Waals surface area contributed by atoms with Crippen LogP contribution in [0.5, 0.6) is 0 Å². The lowest BCUT2D eigenvalue weighted by Gasteiger charge is -2.51.